The number of anilines is 2. The number of hydrogen-bond acceptors (Lipinski definition) is 3. The molecule has 0 radical (unpaired) electrons. The maximum absolute atomic E-state index is 11.2. The van der Waals surface area contributed by atoms with E-state index in [2.05, 4.69) is 5.32 Å². The number of benzene rings is 1. The Morgan fingerprint density at radius 3 is 2.86 bits per heavy atom. The van der Waals surface area contributed by atoms with Crippen molar-refractivity contribution in [3.05, 3.63) is 18.2 Å². The van der Waals surface area contributed by atoms with Crippen molar-refractivity contribution in [1.82, 2.24) is 0 Å². The quantitative estimate of drug-likeness (QED) is 0.506. The molecule has 0 aliphatic heterocycles. The molecule has 1 aromatic carbocycles. The number of rotatable bonds is 3. The van der Waals surface area contributed by atoms with Crippen molar-refractivity contribution < 1.29 is 9.90 Å². The largest absolute Gasteiger partial charge is 0.508 e. The molecular formula is C10H14N2O2. The highest BCUT2D eigenvalue weighted by Crippen LogP contribution is 2.23. The van der Waals surface area contributed by atoms with Crippen LogP contribution in [0.3, 0.4) is 0 Å². The minimum absolute atomic E-state index is 0.0649. The molecule has 1 aromatic rings. The van der Waals surface area contributed by atoms with E-state index in [1.165, 1.54) is 12.1 Å². The van der Waals surface area contributed by atoms with Gasteiger partial charge in [-0.05, 0) is 18.6 Å². The second kappa shape index (κ2) is 4.50. The van der Waals surface area contributed by atoms with Gasteiger partial charge < -0.3 is 16.2 Å². The Bertz CT molecular complexity index is 337. The number of phenolic OH excluding ortho intramolecular Hbond substituents is 1. The molecule has 0 saturated carbocycles. The average molecular weight is 194 g/mol. The van der Waals surface area contributed by atoms with Crippen molar-refractivity contribution in [2.24, 2.45) is 0 Å². The minimum Gasteiger partial charge on any atom is -0.508 e. The fraction of sp³-hybridized carbons (Fsp3) is 0.300. The Hall–Kier alpha value is -1.71. The van der Waals surface area contributed by atoms with Crippen LogP contribution < -0.4 is 11.1 Å². The minimum atomic E-state index is -0.0649. The molecule has 0 spiro atoms. The standard InChI is InChI=1S/C10H14N2O2/c1-2-3-10(14)12-9-5-4-7(13)6-8(9)11/h4-6,13H,2-3,11H2,1H3,(H,12,14). The first-order valence-electron chi connectivity index (χ1n) is 4.52. The molecule has 14 heavy (non-hydrogen) atoms. The van der Waals surface area contributed by atoms with Gasteiger partial charge in [-0.3, -0.25) is 4.79 Å². The van der Waals surface area contributed by atoms with Crippen LogP contribution in [0.15, 0.2) is 18.2 Å². The van der Waals surface area contributed by atoms with Crippen LogP contribution >= 0.6 is 0 Å². The van der Waals surface area contributed by atoms with Gasteiger partial charge in [-0.1, -0.05) is 6.92 Å². The fourth-order valence-electron chi connectivity index (χ4n) is 1.10. The van der Waals surface area contributed by atoms with Gasteiger partial charge in [-0.2, -0.15) is 0 Å². The third-order valence-corrected chi connectivity index (χ3v) is 1.79. The van der Waals surface area contributed by atoms with Crippen LogP contribution in [0.4, 0.5) is 11.4 Å². The molecule has 0 aliphatic carbocycles. The maximum atomic E-state index is 11.2. The molecule has 0 bridgehead atoms. The third-order valence-electron chi connectivity index (χ3n) is 1.79. The van der Waals surface area contributed by atoms with Crippen LogP contribution in [-0.2, 0) is 4.79 Å². The molecule has 0 saturated heterocycles. The van der Waals surface area contributed by atoms with Gasteiger partial charge in [0.05, 0.1) is 11.4 Å². The molecule has 1 amide bonds. The topological polar surface area (TPSA) is 75.3 Å². The molecule has 0 fully saturated rings. The number of hydrogen-bond donors (Lipinski definition) is 3. The van der Waals surface area contributed by atoms with Gasteiger partial charge >= 0.3 is 0 Å². The highest BCUT2D eigenvalue weighted by atomic mass is 16.3. The number of carbonyl (C=O) groups is 1. The Labute approximate surface area is 82.7 Å². The molecule has 0 unspecified atom stereocenters. The summed E-state index contributed by atoms with van der Waals surface area (Å²) in [6.45, 7) is 1.93. The Balaban J connectivity index is 2.72. The smallest absolute Gasteiger partial charge is 0.224 e. The predicted molar refractivity (Wildman–Crippen MR) is 56.1 cm³/mol. The van der Waals surface area contributed by atoms with E-state index in [0.29, 0.717) is 17.8 Å². The Kier molecular flexibility index (Phi) is 3.34. The molecule has 0 aromatic heterocycles. The van der Waals surface area contributed by atoms with Crippen LogP contribution in [0.1, 0.15) is 19.8 Å². The summed E-state index contributed by atoms with van der Waals surface area (Å²) < 4.78 is 0. The lowest BCUT2D eigenvalue weighted by atomic mass is 10.2. The molecule has 0 heterocycles. The summed E-state index contributed by atoms with van der Waals surface area (Å²) in [5, 5.41) is 11.7. The first kappa shape index (κ1) is 10.4. The van der Waals surface area contributed by atoms with Crippen LogP contribution in [0.5, 0.6) is 5.75 Å². The lowest BCUT2D eigenvalue weighted by molar-refractivity contribution is -0.116. The zero-order valence-electron chi connectivity index (χ0n) is 8.08. The molecule has 76 valence electrons. The zero-order valence-corrected chi connectivity index (χ0v) is 8.08. The summed E-state index contributed by atoms with van der Waals surface area (Å²) in [5.41, 5.74) is 6.50. The number of carbonyl (C=O) groups excluding carboxylic acids is 1. The second-order valence-electron chi connectivity index (χ2n) is 3.07. The first-order chi connectivity index (χ1) is 6.63. The number of nitrogen functional groups attached to an aromatic ring is 1. The van der Waals surface area contributed by atoms with Crippen molar-refractivity contribution in [1.29, 1.82) is 0 Å². The molecule has 4 nitrogen and oxygen atoms in total. The predicted octanol–water partition coefficient (Wildman–Crippen LogP) is 1.71. The normalized spacial score (nSPS) is 9.79. The lowest BCUT2D eigenvalue weighted by Crippen LogP contribution is -2.11. The van der Waals surface area contributed by atoms with Crippen molar-refractivity contribution in [3.63, 3.8) is 0 Å². The number of nitrogens with two attached hydrogens (primary N) is 1. The average Bonchev–Trinajstić information content (AvgIpc) is 2.10. The van der Waals surface area contributed by atoms with Crippen molar-refractivity contribution >= 4 is 17.3 Å². The van der Waals surface area contributed by atoms with Gasteiger partial charge in [0.15, 0.2) is 0 Å². The van der Waals surface area contributed by atoms with Gasteiger partial charge in [-0.15, -0.1) is 0 Å². The summed E-state index contributed by atoms with van der Waals surface area (Å²) in [4.78, 5) is 11.2. The van der Waals surface area contributed by atoms with Gasteiger partial charge in [0, 0.05) is 12.5 Å². The molecule has 0 atom stereocenters. The maximum Gasteiger partial charge on any atom is 0.224 e. The zero-order chi connectivity index (χ0) is 10.6. The summed E-state index contributed by atoms with van der Waals surface area (Å²) >= 11 is 0. The van der Waals surface area contributed by atoms with Gasteiger partial charge in [0.25, 0.3) is 0 Å². The van der Waals surface area contributed by atoms with Crippen molar-refractivity contribution in [2.75, 3.05) is 11.1 Å². The van der Waals surface area contributed by atoms with E-state index in [1.54, 1.807) is 6.07 Å². The van der Waals surface area contributed by atoms with Crippen molar-refractivity contribution in [2.45, 2.75) is 19.8 Å². The van der Waals surface area contributed by atoms with E-state index in [-0.39, 0.29) is 11.7 Å². The van der Waals surface area contributed by atoms with Gasteiger partial charge in [0.1, 0.15) is 5.75 Å². The van der Waals surface area contributed by atoms with E-state index in [0.717, 1.165) is 6.42 Å². The number of aromatic hydroxyl groups is 1. The fourth-order valence-corrected chi connectivity index (χ4v) is 1.10. The van der Waals surface area contributed by atoms with Gasteiger partial charge in [-0.25, -0.2) is 0 Å². The van der Waals surface area contributed by atoms with Crippen molar-refractivity contribution in [3.8, 4) is 5.75 Å². The summed E-state index contributed by atoms with van der Waals surface area (Å²) in [6, 6.07) is 4.47. The SMILES string of the molecule is CCCC(=O)Nc1ccc(O)cc1N. The van der Waals surface area contributed by atoms with Crippen LogP contribution in [0.2, 0.25) is 0 Å². The molecule has 1 rings (SSSR count). The highest BCUT2D eigenvalue weighted by Gasteiger charge is 2.04. The molecule has 4 N–H and O–H groups in total. The molecular weight excluding hydrogens is 180 g/mol. The summed E-state index contributed by atoms with van der Waals surface area (Å²) in [5.74, 6) is 0.0286. The number of nitrogens with one attached hydrogen (secondary N) is 1. The second-order valence-corrected chi connectivity index (χ2v) is 3.07. The Morgan fingerprint density at radius 1 is 1.57 bits per heavy atom. The third kappa shape index (κ3) is 2.65. The first-order valence-corrected chi connectivity index (χ1v) is 4.52. The summed E-state index contributed by atoms with van der Waals surface area (Å²) in [6.07, 6.45) is 1.27. The highest BCUT2D eigenvalue weighted by molar-refractivity contribution is 5.93. The van der Waals surface area contributed by atoms with Gasteiger partial charge in [0.2, 0.25) is 5.91 Å². The van der Waals surface area contributed by atoms with Crippen LogP contribution in [-0.4, -0.2) is 11.0 Å². The molecule has 4 heteroatoms. The number of amides is 1. The van der Waals surface area contributed by atoms with Crippen LogP contribution in [0, 0.1) is 0 Å². The Morgan fingerprint density at radius 2 is 2.29 bits per heavy atom. The van der Waals surface area contributed by atoms with E-state index in [9.17, 15) is 4.79 Å². The van der Waals surface area contributed by atoms with E-state index < -0.39 is 0 Å². The lowest BCUT2D eigenvalue weighted by Gasteiger charge is -2.07. The van der Waals surface area contributed by atoms with Crippen LogP contribution in [0.25, 0.3) is 0 Å². The number of phenols is 1. The van der Waals surface area contributed by atoms with E-state index in [4.69, 9.17) is 10.8 Å². The van der Waals surface area contributed by atoms with E-state index in [1.807, 2.05) is 6.92 Å². The molecule has 0 aliphatic rings. The summed E-state index contributed by atoms with van der Waals surface area (Å²) in [7, 11) is 0. The van der Waals surface area contributed by atoms with E-state index >= 15 is 0 Å². The monoisotopic (exact) mass is 194 g/mol.